The SMILES string of the molecule is Cc1nn(-c2ccccc2)c2sc(C(=O)N3CCCC3CN)cc12.Cl. The van der Waals surface area contributed by atoms with Gasteiger partial charge in [0.2, 0.25) is 0 Å². The molecule has 2 N–H and O–H groups in total. The molecule has 25 heavy (non-hydrogen) atoms. The van der Waals surface area contributed by atoms with Crippen molar-refractivity contribution in [1.29, 1.82) is 0 Å². The second-order valence-corrected chi connectivity index (χ2v) is 7.22. The summed E-state index contributed by atoms with van der Waals surface area (Å²) in [6, 6.07) is 12.2. The molecule has 0 saturated carbocycles. The number of hydrogen-bond donors (Lipinski definition) is 1. The highest BCUT2D eigenvalue weighted by molar-refractivity contribution is 7.20. The second-order valence-electron chi connectivity index (χ2n) is 6.19. The molecule has 2 aromatic heterocycles. The average Bonchev–Trinajstić information content (AvgIpc) is 3.31. The zero-order valence-electron chi connectivity index (χ0n) is 14.0. The van der Waals surface area contributed by atoms with Gasteiger partial charge in [0.25, 0.3) is 5.91 Å². The standard InChI is InChI=1S/C18H20N4OS.ClH/c1-12-15-10-16(17(23)21-9-5-8-14(21)11-19)24-18(15)22(20-12)13-6-3-2-4-7-13;/h2-4,6-7,10,14H,5,8-9,11,19H2,1H3;1H. The molecule has 4 rings (SSSR count). The lowest BCUT2D eigenvalue weighted by molar-refractivity contribution is 0.0746. The first-order chi connectivity index (χ1) is 11.7. The summed E-state index contributed by atoms with van der Waals surface area (Å²) in [6.45, 7) is 3.33. The largest absolute Gasteiger partial charge is 0.334 e. The van der Waals surface area contributed by atoms with Crippen LogP contribution < -0.4 is 5.73 Å². The Hall–Kier alpha value is -1.89. The van der Waals surface area contributed by atoms with Crippen molar-refractivity contribution in [2.45, 2.75) is 25.8 Å². The molecule has 3 heterocycles. The summed E-state index contributed by atoms with van der Waals surface area (Å²) >= 11 is 1.52. The Kier molecular flexibility index (Phi) is 5.13. The Balaban J connectivity index is 0.00000182. The molecule has 0 aliphatic carbocycles. The van der Waals surface area contributed by atoms with Crippen molar-refractivity contribution in [3.63, 3.8) is 0 Å². The van der Waals surface area contributed by atoms with Gasteiger partial charge < -0.3 is 10.6 Å². The van der Waals surface area contributed by atoms with E-state index in [4.69, 9.17) is 5.73 Å². The first-order valence-corrected chi connectivity index (χ1v) is 9.06. The summed E-state index contributed by atoms with van der Waals surface area (Å²) in [6.07, 6.45) is 2.04. The molecule has 1 saturated heterocycles. The van der Waals surface area contributed by atoms with Crippen molar-refractivity contribution < 1.29 is 4.79 Å². The van der Waals surface area contributed by atoms with Crippen LogP contribution in [-0.4, -0.2) is 39.7 Å². The van der Waals surface area contributed by atoms with Crippen LogP contribution in [0.2, 0.25) is 0 Å². The van der Waals surface area contributed by atoms with E-state index < -0.39 is 0 Å². The number of rotatable bonds is 3. The van der Waals surface area contributed by atoms with E-state index in [2.05, 4.69) is 5.10 Å². The highest BCUT2D eigenvalue weighted by atomic mass is 35.5. The Morgan fingerprint density at radius 3 is 2.84 bits per heavy atom. The van der Waals surface area contributed by atoms with Gasteiger partial charge in [-0.1, -0.05) is 18.2 Å². The van der Waals surface area contributed by atoms with Gasteiger partial charge in [0.05, 0.1) is 16.3 Å². The predicted molar refractivity (Wildman–Crippen MR) is 104 cm³/mol. The lowest BCUT2D eigenvalue weighted by Gasteiger charge is -2.22. The quantitative estimate of drug-likeness (QED) is 0.762. The fourth-order valence-corrected chi connectivity index (χ4v) is 4.53. The van der Waals surface area contributed by atoms with Crippen LogP contribution in [-0.2, 0) is 0 Å². The number of aryl methyl sites for hydroxylation is 1. The number of thiophene rings is 1. The number of hydrogen-bond acceptors (Lipinski definition) is 4. The molecule has 132 valence electrons. The minimum Gasteiger partial charge on any atom is -0.334 e. The molecule has 0 spiro atoms. The molecule has 0 radical (unpaired) electrons. The van der Waals surface area contributed by atoms with Crippen LogP contribution in [0, 0.1) is 6.92 Å². The highest BCUT2D eigenvalue weighted by Crippen LogP contribution is 2.32. The molecular weight excluding hydrogens is 356 g/mol. The number of halogens is 1. The number of likely N-dealkylation sites (tertiary alicyclic amines) is 1. The van der Waals surface area contributed by atoms with Crippen LogP contribution in [0.3, 0.4) is 0 Å². The van der Waals surface area contributed by atoms with Crippen LogP contribution >= 0.6 is 23.7 Å². The third kappa shape index (κ3) is 3.05. The van der Waals surface area contributed by atoms with Gasteiger partial charge in [-0.05, 0) is 38.0 Å². The van der Waals surface area contributed by atoms with Crippen LogP contribution in [0.4, 0.5) is 0 Å². The van der Waals surface area contributed by atoms with E-state index in [0.717, 1.165) is 45.9 Å². The van der Waals surface area contributed by atoms with Crippen molar-refractivity contribution in [2.75, 3.05) is 13.1 Å². The van der Waals surface area contributed by atoms with Gasteiger partial charge in [-0.3, -0.25) is 4.79 Å². The Morgan fingerprint density at radius 1 is 1.36 bits per heavy atom. The normalized spacial score (nSPS) is 17.0. The molecule has 1 aromatic carbocycles. The average molecular weight is 377 g/mol. The fraction of sp³-hybridized carbons (Fsp3) is 0.333. The summed E-state index contributed by atoms with van der Waals surface area (Å²) in [5.41, 5.74) is 7.77. The van der Waals surface area contributed by atoms with Gasteiger partial charge in [-0.15, -0.1) is 23.7 Å². The van der Waals surface area contributed by atoms with Crippen molar-refractivity contribution in [3.8, 4) is 5.69 Å². The summed E-state index contributed by atoms with van der Waals surface area (Å²) in [4.78, 5) is 16.6. The summed E-state index contributed by atoms with van der Waals surface area (Å²) < 4.78 is 1.93. The molecule has 1 amide bonds. The number of nitrogens with zero attached hydrogens (tertiary/aromatic N) is 3. The number of carbonyl (C=O) groups is 1. The molecular formula is C18H21ClN4OS. The number of amides is 1. The molecule has 1 unspecified atom stereocenters. The van der Waals surface area contributed by atoms with Crippen molar-refractivity contribution in [2.24, 2.45) is 5.73 Å². The lowest BCUT2D eigenvalue weighted by Crippen LogP contribution is -2.39. The van der Waals surface area contributed by atoms with E-state index in [1.807, 2.05) is 52.9 Å². The van der Waals surface area contributed by atoms with E-state index in [-0.39, 0.29) is 24.4 Å². The van der Waals surface area contributed by atoms with Gasteiger partial charge in [0, 0.05) is 24.5 Å². The zero-order valence-corrected chi connectivity index (χ0v) is 15.6. The summed E-state index contributed by atoms with van der Waals surface area (Å²) in [5.74, 6) is 0.100. The van der Waals surface area contributed by atoms with E-state index in [9.17, 15) is 4.79 Å². The van der Waals surface area contributed by atoms with Crippen LogP contribution in [0.5, 0.6) is 0 Å². The van der Waals surface area contributed by atoms with Crippen molar-refractivity contribution in [1.82, 2.24) is 14.7 Å². The lowest BCUT2D eigenvalue weighted by atomic mass is 10.2. The highest BCUT2D eigenvalue weighted by Gasteiger charge is 2.30. The van der Waals surface area contributed by atoms with Gasteiger partial charge >= 0.3 is 0 Å². The van der Waals surface area contributed by atoms with E-state index >= 15 is 0 Å². The number of para-hydroxylation sites is 1. The molecule has 7 heteroatoms. The summed E-state index contributed by atoms with van der Waals surface area (Å²) in [5, 5.41) is 5.68. The maximum atomic E-state index is 12.9. The van der Waals surface area contributed by atoms with Gasteiger partial charge in [-0.25, -0.2) is 4.68 Å². The third-order valence-electron chi connectivity index (χ3n) is 4.67. The topological polar surface area (TPSA) is 64.2 Å². The fourth-order valence-electron chi connectivity index (χ4n) is 3.39. The van der Waals surface area contributed by atoms with Crippen LogP contribution in [0.1, 0.15) is 28.2 Å². The molecule has 5 nitrogen and oxygen atoms in total. The maximum absolute atomic E-state index is 12.9. The Bertz CT molecular complexity index is 889. The minimum absolute atomic E-state index is 0. The molecule has 1 fully saturated rings. The molecule has 1 aliphatic rings. The Morgan fingerprint density at radius 2 is 2.12 bits per heavy atom. The van der Waals surface area contributed by atoms with Crippen LogP contribution in [0.15, 0.2) is 36.4 Å². The monoisotopic (exact) mass is 376 g/mol. The number of benzene rings is 1. The third-order valence-corrected chi connectivity index (χ3v) is 5.76. The van der Waals surface area contributed by atoms with Crippen LogP contribution in [0.25, 0.3) is 15.9 Å². The van der Waals surface area contributed by atoms with Crippen molar-refractivity contribution in [3.05, 3.63) is 47.0 Å². The predicted octanol–water partition coefficient (Wildman–Crippen LogP) is 3.38. The molecule has 3 aromatic rings. The number of carbonyl (C=O) groups excluding carboxylic acids is 1. The summed E-state index contributed by atoms with van der Waals surface area (Å²) in [7, 11) is 0. The van der Waals surface area contributed by atoms with Crippen molar-refractivity contribution >= 4 is 39.9 Å². The van der Waals surface area contributed by atoms with Gasteiger partial charge in [0.1, 0.15) is 4.83 Å². The minimum atomic E-state index is 0. The van der Waals surface area contributed by atoms with E-state index in [0.29, 0.717) is 6.54 Å². The molecule has 1 atom stereocenters. The number of aromatic nitrogens is 2. The Labute approximate surface area is 156 Å². The van der Waals surface area contributed by atoms with E-state index in [1.54, 1.807) is 0 Å². The number of nitrogens with two attached hydrogens (primary N) is 1. The molecule has 1 aliphatic heterocycles. The van der Waals surface area contributed by atoms with E-state index in [1.165, 1.54) is 11.3 Å². The first-order valence-electron chi connectivity index (χ1n) is 8.24. The first kappa shape index (κ1) is 17.9. The molecule has 0 bridgehead atoms. The van der Waals surface area contributed by atoms with Gasteiger partial charge in [0.15, 0.2) is 0 Å². The zero-order chi connectivity index (χ0) is 16.7. The van der Waals surface area contributed by atoms with Gasteiger partial charge in [-0.2, -0.15) is 5.10 Å². The number of fused-ring (bicyclic) bond motifs is 1. The second kappa shape index (κ2) is 7.15. The smallest absolute Gasteiger partial charge is 0.264 e. The maximum Gasteiger partial charge on any atom is 0.264 e.